The highest BCUT2D eigenvalue weighted by atomic mass is 79.9. The maximum Gasteiger partial charge on any atom is 0.253 e. The van der Waals surface area contributed by atoms with Crippen molar-refractivity contribution in [3.05, 3.63) is 33.3 Å². The van der Waals surface area contributed by atoms with Gasteiger partial charge in [-0.2, -0.15) is 0 Å². The zero-order valence-corrected chi connectivity index (χ0v) is 11.1. The van der Waals surface area contributed by atoms with E-state index in [0.29, 0.717) is 16.6 Å². The van der Waals surface area contributed by atoms with Crippen molar-refractivity contribution in [3.63, 3.8) is 0 Å². The maximum absolute atomic E-state index is 12.0. The van der Waals surface area contributed by atoms with Gasteiger partial charge < -0.3 is 5.32 Å². The van der Waals surface area contributed by atoms with E-state index in [4.69, 9.17) is 11.6 Å². The highest BCUT2D eigenvalue weighted by molar-refractivity contribution is 9.10. The van der Waals surface area contributed by atoms with Crippen LogP contribution in [-0.2, 0) is 0 Å². The van der Waals surface area contributed by atoms with Crippen LogP contribution in [0.1, 0.15) is 36.0 Å². The van der Waals surface area contributed by atoms with Crippen LogP contribution < -0.4 is 5.32 Å². The van der Waals surface area contributed by atoms with E-state index in [1.807, 2.05) is 12.1 Å². The Bertz CT molecular complexity index is 402. The predicted molar refractivity (Wildman–Crippen MR) is 68.9 cm³/mol. The summed E-state index contributed by atoms with van der Waals surface area (Å²) in [6.07, 6.45) is 4.57. The van der Waals surface area contributed by atoms with Crippen LogP contribution in [-0.4, -0.2) is 11.9 Å². The molecule has 1 aromatic rings. The van der Waals surface area contributed by atoms with Gasteiger partial charge in [0.1, 0.15) is 0 Å². The molecule has 16 heavy (non-hydrogen) atoms. The fourth-order valence-electron chi connectivity index (χ4n) is 2.01. The number of hydrogen-bond acceptors (Lipinski definition) is 1. The van der Waals surface area contributed by atoms with Crippen molar-refractivity contribution in [2.24, 2.45) is 0 Å². The first kappa shape index (κ1) is 11.9. The molecule has 1 aliphatic rings. The zero-order valence-electron chi connectivity index (χ0n) is 8.80. The molecule has 0 saturated heterocycles. The number of nitrogens with one attached hydrogen (secondary N) is 1. The average Bonchev–Trinajstić information content (AvgIpc) is 2.74. The highest BCUT2D eigenvalue weighted by Gasteiger charge is 2.19. The maximum atomic E-state index is 12.0. The third kappa shape index (κ3) is 2.58. The molecule has 1 aliphatic carbocycles. The van der Waals surface area contributed by atoms with Gasteiger partial charge in [0, 0.05) is 10.5 Å². The third-order valence-electron chi connectivity index (χ3n) is 2.89. The largest absolute Gasteiger partial charge is 0.349 e. The second kappa shape index (κ2) is 5.19. The average molecular weight is 303 g/mol. The second-order valence-corrected chi connectivity index (χ2v) is 5.29. The predicted octanol–water partition coefficient (Wildman–Crippen LogP) is 3.77. The summed E-state index contributed by atoms with van der Waals surface area (Å²) in [6, 6.07) is 5.72. The molecular formula is C12H13BrClNO. The van der Waals surface area contributed by atoms with E-state index >= 15 is 0 Å². The van der Waals surface area contributed by atoms with Crippen molar-refractivity contribution in [1.82, 2.24) is 5.32 Å². The molecule has 4 heteroatoms. The molecule has 1 aromatic carbocycles. The van der Waals surface area contributed by atoms with Crippen molar-refractivity contribution in [2.75, 3.05) is 0 Å². The van der Waals surface area contributed by atoms with Crippen molar-refractivity contribution < 1.29 is 4.79 Å². The van der Waals surface area contributed by atoms with Crippen molar-refractivity contribution in [3.8, 4) is 0 Å². The number of amides is 1. The monoisotopic (exact) mass is 301 g/mol. The Hall–Kier alpha value is -0.540. The number of benzene rings is 1. The van der Waals surface area contributed by atoms with Gasteiger partial charge in [-0.15, -0.1) is 0 Å². The fourth-order valence-corrected chi connectivity index (χ4v) is 2.59. The quantitative estimate of drug-likeness (QED) is 0.885. The third-order valence-corrected chi connectivity index (χ3v) is 4.18. The second-order valence-electron chi connectivity index (χ2n) is 4.06. The van der Waals surface area contributed by atoms with Gasteiger partial charge in [-0.1, -0.05) is 30.5 Å². The van der Waals surface area contributed by atoms with Crippen LogP contribution >= 0.6 is 27.5 Å². The van der Waals surface area contributed by atoms with Crippen molar-refractivity contribution in [2.45, 2.75) is 31.7 Å². The van der Waals surface area contributed by atoms with Crippen LogP contribution in [0.2, 0.25) is 5.02 Å². The van der Waals surface area contributed by atoms with E-state index in [1.165, 1.54) is 12.8 Å². The van der Waals surface area contributed by atoms with Crippen LogP contribution in [0.25, 0.3) is 0 Å². The minimum atomic E-state index is -0.0711. The molecule has 0 radical (unpaired) electrons. The number of hydrogen-bond donors (Lipinski definition) is 1. The topological polar surface area (TPSA) is 29.1 Å². The van der Waals surface area contributed by atoms with Crippen molar-refractivity contribution in [1.29, 1.82) is 0 Å². The van der Waals surface area contributed by atoms with E-state index in [0.717, 1.165) is 17.3 Å². The first-order chi connectivity index (χ1) is 7.68. The van der Waals surface area contributed by atoms with Crippen LogP contribution in [0.4, 0.5) is 0 Å². The lowest BCUT2D eigenvalue weighted by Gasteiger charge is -2.12. The van der Waals surface area contributed by atoms with E-state index in [-0.39, 0.29) is 5.91 Å². The summed E-state index contributed by atoms with van der Waals surface area (Å²) in [5.41, 5.74) is 0.544. The summed E-state index contributed by atoms with van der Waals surface area (Å²) in [6.45, 7) is 0. The number of rotatable bonds is 2. The number of carbonyl (C=O) groups excluding carboxylic acids is 1. The van der Waals surface area contributed by atoms with Gasteiger partial charge in [-0.25, -0.2) is 0 Å². The molecule has 0 aromatic heterocycles. The Morgan fingerprint density at radius 2 is 2.06 bits per heavy atom. The molecule has 1 saturated carbocycles. The Morgan fingerprint density at radius 3 is 2.75 bits per heavy atom. The number of halogens is 2. The van der Waals surface area contributed by atoms with Gasteiger partial charge in [0.2, 0.25) is 0 Å². The van der Waals surface area contributed by atoms with Crippen LogP contribution in [0.15, 0.2) is 22.7 Å². The summed E-state index contributed by atoms with van der Waals surface area (Å²) in [5, 5.41) is 3.50. The van der Waals surface area contributed by atoms with Crippen LogP contribution in [0.5, 0.6) is 0 Å². The van der Waals surface area contributed by atoms with Crippen LogP contribution in [0, 0.1) is 0 Å². The molecule has 0 heterocycles. The molecule has 86 valence electrons. The van der Waals surface area contributed by atoms with E-state index < -0.39 is 0 Å². The molecular weight excluding hydrogens is 289 g/mol. The lowest BCUT2D eigenvalue weighted by molar-refractivity contribution is 0.0938. The Labute approximate surface area is 108 Å². The molecule has 0 bridgehead atoms. The molecule has 0 spiro atoms. The molecule has 1 amide bonds. The number of carbonyl (C=O) groups is 1. The molecule has 1 N–H and O–H groups in total. The highest BCUT2D eigenvalue weighted by Crippen LogP contribution is 2.26. The van der Waals surface area contributed by atoms with E-state index in [1.54, 1.807) is 6.07 Å². The summed E-state index contributed by atoms with van der Waals surface area (Å²) in [5.74, 6) is -0.0711. The molecule has 0 aliphatic heterocycles. The molecule has 2 nitrogen and oxygen atoms in total. The summed E-state index contributed by atoms with van der Waals surface area (Å²) in [4.78, 5) is 12.0. The SMILES string of the molecule is O=C(NC1CCCC1)c1cccc(Br)c1Cl. The molecule has 2 rings (SSSR count). The standard InChI is InChI=1S/C12H13BrClNO/c13-10-7-3-6-9(11(10)14)12(16)15-8-4-1-2-5-8/h3,6-8H,1-2,4-5H2,(H,15,16). The smallest absolute Gasteiger partial charge is 0.253 e. The molecule has 0 atom stereocenters. The zero-order chi connectivity index (χ0) is 11.5. The van der Waals surface area contributed by atoms with Gasteiger partial charge in [0.05, 0.1) is 10.6 Å². The van der Waals surface area contributed by atoms with Crippen LogP contribution in [0.3, 0.4) is 0 Å². The van der Waals surface area contributed by atoms with Gasteiger partial charge in [0.25, 0.3) is 5.91 Å². The Balaban J connectivity index is 2.11. The van der Waals surface area contributed by atoms with Gasteiger partial charge in [-0.05, 0) is 40.9 Å². The fraction of sp³-hybridized carbons (Fsp3) is 0.417. The first-order valence-electron chi connectivity index (χ1n) is 5.43. The Morgan fingerprint density at radius 1 is 1.38 bits per heavy atom. The molecule has 0 unspecified atom stereocenters. The Kier molecular flexibility index (Phi) is 3.87. The summed E-state index contributed by atoms with van der Waals surface area (Å²) < 4.78 is 0.758. The van der Waals surface area contributed by atoms with Crippen molar-refractivity contribution >= 4 is 33.4 Å². The van der Waals surface area contributed by atoms with E-state index in [2.05, 4.69) is 21.2 Å². The minimum Gasteiger partial charge on any atom is -0.349 e. The lowest BCUT2D eigenvalue weighted by Crippen LogP contribution is -2.32. The van der Waals surface area contributed by atoms with Gasteiger partial charge in [0.15, 0.2) is 0 Å². The minimum absolute atomic E-state index is 0.0711. The summed E-state index contributed by atoms with van der Waals surface area (Å²) in [7, 11) is 0. The lowest BCUT2D eigenvalue weighted by atomic mass is 10.2. The normalized spacial score (nSPS) is 16.4. The van der Waals surface area contributed by atoms with E-state index in [9.17, 15) is 4.79 Å². The van der Waals surface area contributed by atoms with Gasteiger partial charge in [-0.3, -0.25) is 4.79 Å². The molecule has 1 fully saturated rings. The first-order valence-corrected chi connectivity index (χ1v) is 6.60. The summed E-state index contributed by atoms with van der Waals surface area (Å²) >= 11 is 9.38. The van der Waals surface area contributed by atoms with Gasteiger partial charge >= 0.3 is 0 Å².